The van der Waals surface area contributed by atoms with Crippen LogP contribution in [0.5, 0.6) is 0 Å². The Balaban J connectivity index is 3.39. The largest absolute Gasteiger partial charge is 0.478 e. The van der Waals surface area contributed by atoms with Crippen LogP contribution >= 0.6 is 0 Å². The Morgan fingerprint density at radius 1 is 1.00 bits per heavy atom. The normalized spacial score (nSPS) is 14.2. The highest BCUT2D eigenvalue weighted by Crippen LogP contribution is 2.33. The minimum atomic E-state index is -0.917. The molecule has 1 aromatic rings. The van der Waals surface area contributed by atoms with E-state index in [4.69, 9.17) is 5.11 Å². The number of hydrogen-bond acceptors (Lipinski definition) is 1. The van der Waals surface area contributed by atoms with Gasteiger partial charge in [-0.15, -0.1) is 0 Å². The molecule has 0 radical (unpaired) electrons. The number of carbonyl (C=O) groups is 1. The molecule has 2 heteroatoms. The minimum Gasteiger partial charge on any atom is -0.478 e. The molecule has 2 nitrogen and oxygen atoms in total. The monoisotopic (exact) mass is 354 g/mol. The Morgan fingerprint density at radius 2 is 1.50 bits per heavy atom. The average Bonchev–Trinajstić information content (AvgIpc) is 2.48. The third-order valence-corrected chi connectivity index (χ3v) is 4.42. The van der Waals surface area contributed by atoms with Crippen LogP contribution in [0.1, 0.15) is 78.5 Å². The lowest BCUT2D eigenvalue weighted by Crippen LogP contribution is -2.17. The van der Waals surface area contributed by atoms with E-state index in [-0.39, 0.29) is 10.8 Å². The third-order valence-electron chi connectivity index (χ3n) is 4.42. The zero-order chi connectivity index (χ0) is 20.1. The van der Waals surface area contributed by atoms with Crippen LogP contribution in [0.2, 0.25) is 0 Å². The van der Waals surface area contributed by atoms with Gasteiger partial charge in [0.1, 0.15) is 0 Å². The van der Waals surface area contributed by atoms with Gasteiger partial charge in [0, 0.05) is 6.08 Å². The summed E-state index contributed by atoms with van der Waals surface area (Å²) in [6, 6.07) is 6.91. The van der Waals surface area contributed by atoms with Crippen LogP contribution in [0.4, 0.5) is 0 Å². The number of carboxylic acid groups (broad SMARTS) is 1. The van der Waals surface area contributed by atoms with Gasteiger partial charge in [-0.1, -0.05) is 84.9 Å². The van der Waals surface area contributed by atoms with E-state index in [0.29, 0.717) is 0 Å². The molecule has 0 aliphatic rings. The Bertz CT molecular complexity index is 700. The summed E-state index contributed by atoms with van der Waals surface area (Å²) in [5.41, 5.74) is 6.07. The van der Waals surface area contributed by atoms with E-state index in [2.05, 4.69) is 72.7 Å². The molecule has 26 heavy (non-hydrogen) atoms. The standard InChI is InChI=1S/C24H34O2/c1-9-18(12-10-11-17(2)13-22(25)26)19-14-20(23(3,4)5)16-21(15-19)24(6,7)8/h10-16H,9H2,1-8H3,(H,25,26)/b11-10+,17-13+,18-12-. The summed E-state index contributed by atoms with van der Waals surface area (Å²) in [4.78, 5) is 10.7. The van der Waals surface area contributed by atoms with E-state index >= 15 is 0 Å². The SMILES string of the molecule is CC/C(=C/C=C/C(C)=C/C(=O)O)c1cc(C(C)(C)C)cc(C(C)(C)C)c1. The Kier molecular flexibility index (Phi) is 7.20. The van der Waals surface area contributed by atoms with Gasteiger partial charge in [-0.2, -0.15) is 0 Å². The molecule has 142 valence electrons. The van der Waals surface area contributed by atoms with Crippen LogP contribution in [0.15, 0.2) is 48.1 Å². The Hall–Kier alpha value is -2.09. The molecule has 0 amide bonds. The van der Waals surface area contributed by atoms with Gasteiger partial charge in [0.25, 0.3) is 0 Å². The van der Waals surface area contributed by atoms with Crippen LogP contribution in [-0.2, 0) is 15.6 Å². The van der Waals surface area contributed by atoms with Crippen molar-refractivity contribution in [2.75, 3.05) is 0 Å². The van der Waals surface area contributed by atoms with Crippen LogP contribution in [0, 0.1) is 0 Å². The Labute approximate surface area is 159 Å². The predicted molar refractivity (Wildman–Crippen MR) is 113 cm³/mol. The fraction of sp³-hybridized carbons (Fsp3) is 0.458. The Morgan fingerprint density at radius 3 is 1.88 bits per heavy atom. The van der Waals surface area contributed by atoms with Crippen LogP contribution in [-0.4, -0.2) is 11.1 Å². The summed E-state index contributed by atoms with van der Waals surface area (Å²) in [6.07, 6.45) is 8.00. The van der Waals surface area contributed by atoms with Crippen molar-refractivity contribution in [2.24, 2.45) is 0 Å². The molecule has 0 fully saturated rings. The molecule has 0 aliphatic carbocycles. The van der Waals surface area contributed by atoms with E-state index < -0.39 is 5.97 Å². The molecule has 0 spiro atoms. The molecule has 0 heterocycles. The maximum Gasteiger partial charge on any atom is 0.328 e. The molecule has 0 aliphatic heterocycles. The van der Waals surface area contributed by atoms with Gasteiger partial charge >= 0.3 is 5.97 Å². The second-order valence-electron chi connectivity index (χ2n) is 8.93. The van der Waals surface area contributed by atoms with Crippen LogP contribution in [0.3, 0.4) is 0 Å². The van der Waals surface area contributed by atoms with E-state index in [0.717, 1.165) is 12.0 Å². The third kappa shape index (κ3) is 6.67. The minimum absolute atomic E-state index is 0.0888. The lowest BCUT2D eigenvalue weighted by Gasteiger charge is -2.26. The van der Waals surface area contributed by atoms with Gasteiger partial charge in [-0.05, 0) is 52.0 Å². The van der Waals surface area contributed by atoms with Gasteiger partial charge in [0.2, 0.25) is 0 Å². The lowest BCUT2D eigenvalue weighted by atomic mass is 9.78. The molecule has 0 saturated carbocycles. The molecule has 0 aromatic heterocycles. The van der Waals surface area contributed by atoms with Crippen molar-refractivity contribution in [1.29, 1.82) is 0 Å². The topological polar surface area (TPSA) is 37.3 Å². The van der Waals surface area contributed by atoms with Gasteiger partial charge in [0.05, 0.1) is 0 Å². The first-order chi connectivity index (χ1) is 11.8. The maximum atomic E-state index is 10.7. The van der Waals surface area contributed by atoms with Crippen LogP contribution < -0.4 is 0 Å². The van der Waals surface area contributed by atoms with Crippen molar-refractivity contribution < 1.29 is 9.90 Å². The number of aliphatic carboxylic acids is 1. The lowest BCUT2D eigenvalue weighted by molar-refractivity contribution is -0.131. The number of rotatable bonds is 5. The zero-order valence-electron chi connectivity index (χ0n) is 17.6. The fourth-order valence-electron chi connectivity index (χ4n) is 2.66. The molecule has 0 saturated heterocycles. The first-order valence-corrected chi connectivity index (χ1v) is 9.29. The number of benzene rings is 1. The van der Waals surface area contributed by atoms with E-state index in [1.165, 1.54) is 28.3 Å². The predicted octanol–water partition coefficient (Wildman–Crippen LogP) is 6.66. The summed E-state index contributed by atoms with van der Waals surface area (Å²) in [6.45, 7) is 17.4. The maximum absolute atomic E-state index is 10.7. The second-order valence-corrected chi connectivity index (χ2v) is 8.93. The molecule has 0 bridgehead atoms. The number of carboxylic acids is 1. The highest BCUT2D eigenvalue weighted by atomic mass is 16.4. The average molecular weight is 355 g/mol. The van der Waals surface area contributed by atoms with Crippen molar-refractivity contribution >= 4 is 11.5 Å². The highest BCUT2D eigenvalue weighted by molar-refractivity contribution is 5.81. The van der Waals surface area contributed by atoms with Crippen LogP contribution in [0.25, 0.3) is 5.57 Å². The smallest absolute Gasteiger partial charge is 0.328 e. The highest BCUT2D eigenvalue weighted by Gasteiger charge is 2.20. The summed E-state index contributed by atoms with van der Waals surface area (Å²) in [7, 11) is 0. The summed E-state index contributed by atoms with van der Waals surface area (Å²) < 4.78 is 0. The fourth-order valence-corrected chi connectivity index (χ4v) is 2.66. The quantitative estimate of drug-likeness (QED) is 0.474. The first kappa shape index (κ1) is 22.0. The summed E-state index contributed by atoms with van der Waals surface area (Å²) >= 11 is 0. The van der Waals surface area contributed by atoms with Crippen molar-refractivity contribution in [3.8, 4) is 0 Å². The van der Waals surface area contributed by atoms with Gasteiger partial charge < -0.3 is 5.11 Å². The van der Waals surface area contributed by atoms with Crippen molar-refractivity contribution in [1.82, 2.24) is 0 Å². The van der Waals surface area contributed by atoms with Crippen molar-refractivity contribution in [2.45, 2.75) is 72.6 Å². The van der Waals surface area contributed by atoms with Gasteiger partial charge in [0.15, 0.2) is 0 Å². The molecule has 1 rings (SSSR count). The van der Waals surface area contributed by atoms with Gasteiger partial charge in [-0.3, -0.25) is 0 Å². The van der Waals surface area contributed by atoms with Gasteiger partial charge in [-0.25, -0.2) is 4.79 Å². The second kappa shape index (κ2) is 8.53. The summed E-state index contributed by atoms with van der Waals surface area (Å²) in [5.74, 6) is -0.917. The molecule has 1 aromatic carbocycles. The molecular weight excluding hydrogens is 320 g/mol. The van der Waals surface area contributed by atoms with E-state index in [9.17, 15) is 4.79 Å². The molecule has 1 N–H and O–H groups in total. The number of hydrogen-bond donors (Lipinski definition) is 1. The van der Waals surface area contributed by atoms with E-state index in [1.807, 2.05) is 12.2 Å². The molecular formula is C24H34O2. The first-order valence-electron chi connectivity index (χ1n) is 9.29. The molecule has 0 unspecified atom stereocenters. The molecule has 0 atom stereocenters. The van der Waals surface area contributed by atoms with Crippen molar-refractivity contribution in [3.05, 3.63) is 64.8 Å². The summed E-state index contributed by atoms with van der Waals surface area (Å²) in [5, 5.41) is 8.80. The zero-order valence-corrected chi connectivity index (χ0v) is 17.6. The number of allylic oxidation sites excluding steroid dienone is 5. The van der Waals surface area contributed by atoms with Crippen molar-refractivity contribution in [3.63, 3.8) is 0 Å². The van der Waals surface area contributed by atoms with E-state index in [1.54, 1.807) is 6.92 Å².